The molecule has 1 saturated heterocycles. The molecule has 0 amide bonds. The van der Waals surface area contributed by atoms with Gasteiger partial charge in [-0.3, -0.25) is 9.59 Å². The highest BCUT2D eigenvalue weighted by Gasteiger charge is 2.57. The van der Waals surface area contributed by atoms with Gasteiger partial charge in [-0.05, 0) is 92.0 Å². The van der Waals surface area contributed by atoms with Gasteiger partial charge in [-0.25, -0.2) is 0 Å². The Hall–Kier alpha value is -2.17. The number of rotatable bonds is 5. The number of hydrogen-bond acceptors (Lipinski definition) is 4. The molecule has 164 valence electrons. The number of halogens is 1. The molecule has 2 aromatic rings. The quantitative estimate of drug-likeness (QED) is 0.426. The zero-order valence-electron chi connectivity index (χ0n) is 18.4. The molecular weight excluding hydrogens is 412 g/mol. The smallest absolute Gasteiger partial charge is 0.322 e. The molecule has 0 N–H and O–H groups in total. The molecule has 0 aromatic heterocycles. The molecule has 0 radical (unpaired) electrons. The van der Waals surface area contributed by atoms with Gasteiger partial charge in [0.05, 0.1) is 6.10 Å². The third-order valence-corrected chi connectivity index (χ3v) is 6.87. The van der Waals surface area contributed by atoms with Gasteiger partial charge >= 0.3 is 5.97 Å². The topological polar surface area (TPSA) is 52.6 Å². The number of carbonyl (C=O) groups is 2. The molecule has 2 fully saturated rings. The molecular formula is C26H29ClO4. The van der Waals surface area contributed by atoms with Gasteiger partial charge in [0.15, 0.2) is 11.4 Å². The fourth-order valence-corrected chi connectivity index (χ4v) is 5.04. The van der Waals surface area contributed by atoms with Crippen molar-refractivity contribution >= 4 is 23.4 Å². The summed E-state index contributed by atoms with van der Waals surface area (Å²) >= 11 is 6.04. The minimum Gasteiger partial charge on any atom is -0.450 e. The Labute approximate surface area is 188 Å². The second kappa shape index (κ2) is 8.76. The predicted octanol–water partition coefficient (Wildman–Crippen LogP) is 5.94. The van der Waals surface area contributed by atoms with Gasteiger partial charge in [0.1, 0.15) is 5.92 Å². The maximum absolute atomic E-state index is 13.5. The lowest BCUT2D eigenvalue weighted by molar-refractivity contribution is -0.158. The molecule has 2 aliphatic rings. The van der Waals surface area contributed by atoms with Crippen molar-refractivity contribution in [2.45, 2.75) is 70.5 Å². The van der Waals surface area contributed by atoms with Gasteiger partial charge in [0.2, 0.25) is 0 Å². The van der Waals surface area contributed by atoms with E-state index in [4.69, 9.17) is 21.1 Å². The molecule has 4 rings (SSSR count). The number of esters is 1. The molecule has 5 heteroatoms. The van der Waals surface area contributed by atoms with Gasteiger partial charge in [-0.2, -0.15) is 0 Å². The highest BCUT2D eigenvalue weighted by molar-refractivity contribution is 6.30. The first-order chi connectivity index (χ1) is 14.8. The summed E-state index contributed by atoms with van der Waals surface area (Å²) in [5, 5.41) is 0.670. The van der Waals surface area contributed by atoms with Crippen LogP contribution in [0.4, 0.5) is 0 Å². The number of carbonyl (C=O) groups excluding carboxylic acids is 2. The van der Waals surface area contributed by atoms with E-state index in [2.05, 4.69) is 6.92 Å². The summed E-state index contributed by atoms with van der Waals surface area (Å²) in [5.41, 5.74) is 3.77. The molecule has 1 atom stereocenters. The first-order valence-corrected chi connectivity index (χ1v) is 11.5. The lowest BCUT2D eigenvalue weighted by Gasteiger charge is -2.34. The van der Waals surface area contributed by atoms with Crippen LogP contribution < -0.4 is 0 Å². The third kappa shape index (κ3) is 4.16. The number of ketones is 1. The van der Waals surface area contributed by atoms with E-state index in [1.807, 2.05) is 50.2 Å². The normalized spacial score (nSPS) is 25.8. The Morgan fingerprint density at radius 2 is 1.74 bits per heavy atom. The zero-order valence-corrected chi connectivity index (χ0v) is 19.1. The Morgan fingerprint density at radius 3 is 2.39 bits per heavy atom. The second-order valence-corrected chi connectivity index (χ2v) is 9.25. The maximum atomic E-state index is 13.5. The van der Waals surface area contributed by atoms with Crippen molar-refractivity contribution in [1.29, 1.82) is 0 Å². The van der Waals surface area contributed by atoms with Crippen LogP contribution in [0.2, 0.25) is 5.02 Å². The fraction of sp³-hybridized carbons (Fsp3) is 0.462. The number of ether oxygens (including phenoxy) is 2. The number of aryl methyl sites for hydroxylation is 2. The molecule has 1 spiro atoms. The molecule has 1 aliphatic carbocycles. The molecule has 0 bridgehead atoms. The van der Waals surface area contributed by atoms with Crippen LogP contribution in [0.15, 0.2) is 36.4 Å². The van der Waals surface area contributed by atoms with Crippen molar-refractivity contribution in [1.82, 2.24) is 0 Å². The zero-order chi connectivity index (χ0) is 22.2. The van der Waals surface area contributed by atoms with Crippen LogP contribution in [0.5, 0.6) is 0 Å². The van der Waals surface area contributed by atoms with Crippen LogP contribution in [-0.4, -0.2) is 30.1 Å². The monoisotopic (exact) mass is 440 g/mol. The average molecular weight is 441 g/mol. The maximum Gasteiger partial charge on any atom is 0.322 e. The molecule has 1 heterocycles. The summed E-state index contributed by atoms with van der Waals surface area (Å²) in [6.07, 6.45) is 3.69. The van der Waals surface area contributed by atoms with Crippen LogP contribution in [-0.2, 0) is 19.1 Å². The first-order valence-electron chi connectivity index (χ1n) is 11.1. The summed E-state index contributed by atoms with van der Waals surface area (Å²) in [4.78, 5) is 26.5. The van der Waals surface area contributed by atoms with Gasteiger partial charge in [-0.15, -0.1) is 0 Å². The average Bonchev–Trinajstić information content (AvgIpc) is 2.98. The van der Waals surface area contributed by atoms with Crippen LogP contribution in [0.25, 0.3) is 11.1 Å². The third-order valence-electron chi connectivity index (χ3n) is 6.62. The van der Waals surface area contributed by atoms with E-state index in [1.54, 1.807) is 0 Å². The van der Waals surface area contributed by atoms with Crippen molar-refractivity contribution < 1.29 is 19.1 Å². The summed E-state index contributed by atoms with van der Waals surface area (Å²) in [5.74, 6) is -1.38. The van der Waals surface area contributed by atoms with E-state index in [9.17, 15) is 9.59 Å². The van der Waals surface area contributed by atoms with Crippen LogP contribution in [0.1, 0.15) is 61.6 Å². The highest BCUT2D eigenvalue weighted by atomic mass is 35.5. The van der Waals surface area contributed by atoms with E-state index in [-0.39, 0.29) is 11.9 Å². The minimum absolute atomic E-state index is 0.0968. The van der Waals surface area contributed by atoms with Crippen molar-refractivity contribution in [2.24, 2.45) is 0 Å². The van der Waals surface area contributed by atoms with Crippen molar-refractivity contribution in [3.63, 3.8) is 0 Å². The van der Waals surface area contributed by atoms with Crippen LogP contribution in [0.3, 0.4) is 0 Å². The fourth-order valence-electron chi connectivity index (χ4n) is 4.92. The first kappa shape index (κ1) is 22.0. The Kier molecular flexibility index (Phi) is 6.23. The largest absolute Gasteiger partial charge is 0.450 e. The highest BCUT2D eigenvalue weighted by Crippen LogP contribution is 2.45. The number of benzene rings is 2. The lowest BCUT2D eigenvalue weighted by Crippen LogP contribution is -2.42. The lowest BCUT2D eigenvalue weighted by atomic mass is 9.76. The van der Waals surface area contributed by atoms with Crippen molar-refractivity contribution in [3.05, 3.63) is 58.1 Å². The number of Topliss-reactive ketones (excluding diaryl/α,β-unsaturated/α-hetero) is 1. The summed E-state index contributed by atoms with van der Waals surface area (Å²) < 4.78 is 11.7. The summed E-state index contributed by atoms with van der Waals surface area (Å²) in [6.45, 7) is 6.80. The second-order valence-electron chi connectivity index (χ2n) is 8.81. The SMILES string of the molecule is CCCOC1CCC2(CC1)OC(=O)C(c1cc(-c3ccc(Cl)cc3)c(C)cc1C)C2=O. The number of hydrogen-bond donors (Lipinski definition) is 0. The van der Waals surface area contributed by atoms with Gasteiger partial charge < -0.3 is 9.47 Å². The Morgan fingerprint density at radius 1 is 1.06 bits per heavy atom. The van der Waals surface area contributed by atoms with Gasteiger partial charge in [-0.1, -0.05) is 36.7 Å². The summed E-state index contributed by atoms with van der Waals surface area (Å²) in [7, 11) is 0. The molecule has 1 saturated carbocycles. The van der Waals surface area contributed by atoms with Crippen LogP contribution in [0, 0.1) is 13.8 Å². The van der Waals surface area contributed by atoms with E-state index >= 15 is 0 Å². The minimum atomic E-state index is -0.994. The van der Waals surface area contributed by atoms with Crippen LogP contribution >= 0.6 is 11.6 Å². The molecule has 1 unspecified atom stereocenters. The summed E-state index contributed by atoms with van der Waals surface area (Å²) in [6, 6.07) is 11.6. The molecule has 1 aliphatic heterocycles. The Balaban J connectivity index is 1.63. The Bertz CT molecular complexity index is 987. The standard InChI is InChI=1S/C26H29ClO4/c1-4-13-30-20-9-11-26(12-10-20)24(28)23(25(29)31-26)22-15-21(16(2)14-17(22)3)18-5-7-19(27)8-6-18/h5-8,14-15,20,23H,4,9-13H2,1-3H3. The molecule has 31 heavy (non-hydrogen) atoms. The molecule has 4 nitrogen and oxygen atoms in total. The van der Waals surface area contributed by atoms with Gasteiger partial charge in [0, 0.05) is 11.6 Å². The van der Waals surface area contributed by atoms with Gasteiger partial charge in [0.25, 0.3) is 0 Å². The predicted molar refractivity (Wildman–Crippen MR) is 121 cm³/mol. The van der Waals surface area contributed by atoms with E-state index in [0.29, 0.717) is 17.9 Å². The van der Waals surface area contributed by atoms with E-state index in [1.165, 1.54) is 0 Å². The van der Waals surface area contributed by atoms with Crippen molar-refractivity contribution in [2.75, 3.05) is 6.61 Å². The van der Waals surface area contributed by atoms with E-state index in [0.717, 1.165) is 53.7 Å². The molecule has 2 aromatic carbocycles. The van der Waals surface area contributed by atoms with Crippen molar-refractivity contribution in [3.8, 4) is 11.1 Å². The van der Waals surface area contributed by atoms with E-state index < -0.39 is 17.5 Å².